The van der Waals surface area contributed by atoms with Crippen molar-refractivity contribution >= 4 is 40.5 Å². The normalized spacial score (nSPS) is 12.5. The second-order valence-electron chi connectivity index (χ2n) is 5.21. The quantitative estimate of drug-likeness (QED) is 0.390. The van der Waals surface area contributed by atoms with E-state index < -0.39 is 51.8 Å². The van der Waals surface area contributed by atoms with Gasteiger partial charge in [-0.25, -0.2) is 22.2 Å². The SMILES string of the molecule is CC(C(=O)Nc1ccc(Cl)cc1[N+](=O)[O-])n1nc(C(F)F)c(Cl)c1C(F)F. The minimum Gasteiger partial charge on any atom is -0.319 e. The van der Waals surface area contributed by atoms with Gasteiger partial charge in [0.05, 0.1) is 9.95 Å². The Morgan fingerprint density at radius 3 is 2.41 bits per heavy atom. The van der Waals surface area contributed by atoms with E-state index in [0.717, 1.165) is 19.1 Å². The number of benzene rings is 1. The van der Waals surface area contributed by atoms with Gasteiger partial charge in [-0.3, -0.25) is 14.9 Å². The van der Waals surface area contributed by atoms with E-state index in [9.17, 15) is 32.5 Å². The first-order valence-electron chi connectivity index (χ1n) is 7.13. The fourth-order valence-corrected chi connectivity index (χ4v) is 2.64. The molecule has 1 unspecified atom stereocenters. The zero-order valence-corrected chi connectivity index (χ0v) is 14.8. The van der Waals surface area contributed by atoms with Crippen LogP contribution in [0, 0.1) is 10.1 Å². The van der Waals surface area contributed by atoms with E-state index >= 15 is 0 Å². The molecule has 146 valence electrons. The number of hydrogen-bond acceptors (Lipinski definition) is 4. The smallest absolute Gasteiger partial charge is 0.294 e. The zero-order chi connectivity index (χ0) is 20.5. The molecule has 13 heteroatoms. The molecule has 0 fully saturated rings. The van der Waals surface area contributed by atoms with Crippen LogP contribution in [0.15, 0.2) is 18.2 Å². The van der Waals surface area contributed by atoms with Crippen molar-refractivity contribution in [3.8, 4) is 0 Å². The van der Waals surface area contributed by atoms with E-state index in [1.54, 1.807) is 0 Å². The van der Waals surface area contributed by atoms with Crippen LogP contribution in [0.3, 0.4) is 0 Å². The van der Waals surface area contributed by atoms with Gasteiger partial charge in [-0.05, 0) is 19.1 Å². The number of nitro groups is 1. The van der Waals surface area contributed by atoms with Crippen LogP contribution in [0.4, 0.5) is 28.9 Å². The molecule has 1 heterocycles. The maximum absolute atomic E-state index is 13.2. The molecule has 0 spiro atoms. The minimum atomic E-state index is -3.28. The highest BCUT2D eigenvalue weighted by atomic mass is 35.5. The van der Waals surface area contributed by atoms with E-state index in [1.165, 1.54) is 6.07 Å². The Morgan fingerprint density at radius 2 is 1.89 bits per heavy atom. The first-order valence-corrected chi connectivity index (χ1v) is 7.89. The van der Waals surface area contributed by atoms with Crippen molar-refractivity contribution in [3.63, 3.8) is 0 Å². The third kappa shape index (κ3) is 4.30. The van der Waals surface area contributed by atoms with Gasteiger partial charge in [0.15, 0.2) is 0 Å². The van der Waals surface area contributed by atoms with Crippen molar-refractivity contribution < 1.29 is 27.3 Å². The van der Waals surface area contributed by atoms with Gasteiger partial charge >= 0.3 is 0 Å². The average Bonchev–Trinajstić information content (AvgIpc) is 2.93. The number of nitrogens with zero attached hydrogens (tertiary/aromatic N) is 3. The molecular formula is C14H10Cl2F4N4O3. The Balaban J connectivity index is 2.39. The van der Waals surface area contributed by atoms with E-state index in [0.29, 0.717) is 4.68 Å². The number of anilines is 1. The lowest BCUT2D eigenvalue weighted by Gasteiger charge is -2.15. The zero-order valence-electron chi connectivity index (χ0n) is 13.3. The second-order valence-corrected chi connectivity index (χ2v) is 6.03. The predicted octanol–water partition coefficient (Wildman–Crippen LogP) is 5.17. The molecule has 1 aromatic heterocycles. The minimum absolute atomic E-state index is 0.0353. The molecule has 0 radical (unpaired) electrons. The van der Waals surface area contributed by atoms with Crippen LogP contribution in [0.1, 0.15) is 37.2 Å². The van der Waals surface area contributed by atoms with Crippen LogP contribution in [-0.2, 0) is 4.79 Å². The standard InChI is InChI=1S/C14H10Cl2F4N4O3/c1-5(23-11(13(19)20)9(16)10(22-23)12(17)18)14(25)21-7-3-2-6(15)4-8(7)24(26)27/h2-5,12-13H,1H3,(H,21,25). The van der Waals surface area contributed by atoms with Crippen LogP contribution in [0.25, 0.3) is 0 Å². The number of amides is 1. The first-order chi connectivity index (χ1) is 12.5. The van der Waals surface area contributed by atoms with Crippen molar-refractivity contribution in [1.29, 1.82) is 0 Å². The highest BCUT2D eigenvalue weighted by Gasteiger charge is 2.32. The van der Waals surface area contributed by atoms with E-state index in [-0.39, 0.29) is 10.7 Å². The van der Waals surface area contributed by atoms with Gasteiger partial charge in [0.2, 0.25) is 5.91 Å². The van der Waals surface area contributed by atoms with E-state index in [2.05, 4.69) is 10.4 Å². The fraction of sp³-hybridized carbons (Fsp3) is 0.286. The lowest BCUT2D eigenvalue weighted by Crippen LogP contribution is -2.26. The third-order valence-corrected chi connectivity index (χ3v) is 4.11. The van der Waals surface area contributed by atoms with Crippen LogP contribution in [0.5, 0.6) is 0 Å². The van der Waals surface area contributed by atoms with Gasteiger partial charge in [0.1, 0.15) is 23.1 Å². The summed E-state index contributed by atoms with van der Waals surface area (Å²) >= 11 is 11.2. The number of carbonyl (C=O) groups is 1. The molecular weight excluding hydrogens is 419 g/mol. The molecule has 0 aliphatic rings. The molecule has 1 atom stereocenters. The summed E-state index contributed by atoms with van der Waals surface area (Å²) in [4.78, 5) is 22.6. The number of nitro benzene ring substituents is 1. The molecule has 0 aliphatic heterocycles. The Morgan fingerprint density at radius 1 is 1.26 bits per heavy atom. The molecule has 2 rings (SSSR count). The van der Waals surface area contributed by atoms with Crippen LogP contribution < -0.4 is 5.32 Å². The Bertz CT molecular complexity index is 891. The fourth-order valence-electron chi connectivity index (χ4n) is 2.19. The second kappa shape index (κ2) is 8.09. The van der Waals surface area contributed by atoms with Crippen LogP contribution in [-0.4, -0.2) is 20.6 Å². The lowest BCUT2D eigenvalue weighted by molar-refractivity contribution is -0.383. The predicted molar refractivity (Wildman–Crippen MR) is 88.6 cm³/mol. The molecule has 0 saturated heterocycles. The average molecular weight is 429 g/mol. The largest absolute Gasteiger partial charge is 0.319 e. The molecule has 0 aliphatic carbocycles. The summed E-state index contributed by atoms with van der Waals surface area (Å²) in [5.41, 5.74) is -2.94. The number of carbonyl (C=O) groups excluding carboxylic acids is 1. The molecule has 0 bridgehead atoms. The lowest BCUT2D eigenvalue weighted by atomic mass is 10.2. The number of hydrogen-bond donors (Lipinski definition) is 1. The van der Waals surface area contributed by atoms with Gasteiger partial charge in [-0.2, -0.15) is 5.10 Å². The molecule has 7 nitrogen and oxygen atoms in total. The van der Waals surface area contributed by atoms with Crippen molar-refractivity contribution in [3.05, 3.63) is 49.7 Å². The van der Waals surface area contributed by atoms with Gasteiger partial charge in [0, 0.05) is 11.1 Å². The third-order valence-electron chi connectivity index (χ3n) is 3.49. The van der Waals surface area contributed by atoms with Gasteiger partial charge in [-0.15, -0.1) is 0 Å². The van der Waals surface area contributed by atoms with Crippen molar-refractivity contribution in [1.82, 2.24) is 9.78 Å². The summed E-state index contributed by atoms with van der Waals surface area (Å²) in [6.07, 6.45) is -6.51. The molecule has 0 saturated carbocycles. The number of nitrogens with one attached hydrogen (secondary N) is 1. The number of aromatic nitrogens is 2. The Labute approximate surface area is 159 Å². The van der Waals surface area contributed by atoms with Gasteiger partial charge in [0.25, 0.3) is 18.5 Å². The molecule has 27 heavy (non-hydrogen) atoms. The Hall–Kier alpha value is -2.40. The molecule has 1 aromatic carbocycles. The topological polar surface area (TPSA) is 90.1 Å². The maximum atomic E-state index is 13.2. The van der Waals surface area contributed by atoms with Gasteiger partial charge < -0.3 is 5.32 Å². The summed E-state index contributed by atoms with van der Waals surface area (Å²) < 4.78 is 52.5. The maximum Gasteiger partial charge on any atom is 0.294 e. The Kier molecular flexibility index (Phi) is 6.26. The first kappa shape index (κ1) is 20.9. The van der Waals surface area contributed by atoms with E-state index in [1.807, 2.05) is 0 Å². The van der Waals surface area contributed by atoms with Crippen molar-refractivity contribution in [2.24, 2.45) is 0 Å². The van der Waals surface area contributed by atoms with Crippen LogP contribution in [0.2, 0.25) is 10.0 Å². The number of rotatable bonds is 6. The number of alkyl halides is 4. The molecule has 1 amide bonds. The molecule has 2 aromatic rings. The van der Waals surface area contributed by atoms with Crippen molar-refractivity contribution in [2.75, 3.05) is 5.32 Å². The van der Waals surface area contributed by atoms with Crippen LogP contribution >= 0.6 is 23.2 Å². The summed E-state index contributed by atoms with van der Waals surface area (Å²) in [6, 6.07) is 1.86. The summed E-state index contributed by atoms with van der Waals surface area (Å²) in [6.45, 7) is 1.10. The van der Waals surface area contributed by atoms with E-state index in [4.69, 9.17) is 23.2 Å². The van der Waals surface area contributed by atoms with Crippen molar-refractivity contribution in [2.45, 2.75) is 25.8 Å². The van der Waals surface area contributed by atoms with Gasteiger partial charge in [-0.1, -0.05) is 23.2 Å². The summed E-state index contributed by atoms with van der Waals surface area (Å²) in [7, 11) is 0. The summed E-state index contributed by atoms with van der Waals surface area (Å²) in [5, 5.41) is 15.6. The highest BCUT2D eigenvalue weighted by molar-refractivity contribution is 6.32. The number of halogens is 6. The molecule has 1 N–H and O–H groups in total. The summed E-state index contributed by atoms with van der Waals surface area (Å²) in [5.74, 6) is -1.01. The monoisotopic (exact) mass is 428 g/mol. The highest BCUT2D eigenvalue weighted by Crippen LogP contribution is 2.36.